The summed E-state index contributed by atoms with van der Waals surface area (Å²) in [4.78, 5) is 13.1. The van der Waals surface area contributed by atoms with E-state index in [9.17, 15) is 4.79 Å². The highest BCUT2D eigenvalue weighted by molar-refractivity contribution is 5.80. The average molecular weight is 179 g/mol. The number of hydrogen-bond acceptors (Lipinski definition) is 3. The van der Waals surface area contributed by atoms with Crippen LogP contribution in [-0.2, 0) is 4.79 Å². The molecule has 2 aliphatic rings. The fourth-order valence-electron chi connectivity index (χ4n) is 2.48. The summed E-state index contributed by atoms with van der Waals surface area (Å²) in [6.07, 6.45) is 0.841. The lowest BCUT2D eigenvalue weighted by Gasteiger charge is -2.22. The minimum Gasteiger partial charge on any atom is -0.322 e. The molecule has 2 fully saturated rings. The Morgan fingerprint density at radius 2 is 2.46 bits per heavy atom. The molecule has 3 unspecified atom stereocenters. The summed E-state index contributed by atoms with van der Waals surface area (Å²) in [7, 11) is 0. The van der Waals surface area contributed by atoms with Gasteiger partial charge in [-0.1, -0.05) is 6.92 Å². The number of piperidine rings is 1. The first-order valence-corrected chi connectivity index (χ1v) is 4.61. The molecule has 0 spiro atoms. The van der Waals surface area contributed by atoms with Crippen molar-refractivity contribution in [1.82, 2.24) is 4.90 Å². The molecule has 1 saturated heterocycles. The summed E-state index contributed by atoms with van der Waals surface area (Å²) in [6, 6.07) is 2.25. The summed E-state index contributed by atoms with van der Waals surface area (Å²) < 4.78 is 0. The summed E-state index contributed by atoms with van der Waals surface area (Å²) in [5.74, 6) is 1.05. The van der Waals surface area contributed by atoms with E-state index in [1.54, 1.807) is 4.90 Å². The highest BCUT2D eigenvalue weighted by Crippen LogP contribution is 2.52. The molecule has 70 valence electrons. The third-order valence-corrected chi connectivity index (χ3v) is 3.28. The van der Waals surface area contributed by atoms with Crippen LogP contribution in [0, 0.1) is 23.2 Å². The van der Waals surface area contributed by atoms with Crippen molar-refractivity contribution in [2.24, 2.45) is 17.6 Å². The zero-order chi connectivity index (χ0) is 9.59. The minimum atomic E-state index is -0.220. The standard InChI is InChI=1S/C9H13N3O/c1-5-7-2-6(3-10)12(9(5)7)8(13)4-11/h5-7,9H,2,4,11H2,1H3/t5-,6?,7?,9?/m0/s1. The number of carbonyl (C=O) groups excluding carboxylic acids is 1. The maximum atomic E-state index is 11.4. The number of fused-ring (bicyclic) bond motifs is 1. The van der Waals surface area contributed by atoms with Crippen LogP contribution in [0.1, 0.15) is 13.3 Å². The third kappa shape index (κ3) is 1.04. The van der Waals surface area contributed by atoms with E-state index < -0.39 is 0 Å². The molecular formula is C9H13N3O. The molecule has 1 aliphatic carbocycles. The van der Waals surface area contributed by atoms with Crippen molar-refractivity contribution in [3.8, 4) is 6.07 Å². The van der Waals surface area contributed by atoms with E-state index >= 15 is 0 Å². The normalized spacial score (nSPS) is 41.2. The molecule has 1 saturated carbocycles. The van der Waals surface area contributed by atoms with Crippen LogP contribution in [0.2, 0.25) is 0 Å². The van der Waals surface area contributed by atoms with Gasteiger partial charge < -0.3 is 10.6 Å². The molecule has 2 rings (SSSR count). The van der Waals surface area contributed by atoms with E-state index in [1.807, 2.05) is 0 Å². The van der Waals surface area contributed by atoms with Gasteiger partial charge in [-0.3, -0.25) is 4.79 Å². The van der Waals surface area contributed by atoms with Crippen molar-refractivity contribution in [1.29, 1.82) is 5.26 Å². The van der Waals surface area contributed by atoms with Gasteiger partial charge in [-0.15, -0.1) is 0 Å². The van der Waals surface area contributed by atoms with E-state index in [0.29, 0.717) is 17.9 Å². The highest BCUT2D eigenvalue weighted by atomic mass is 16.2. The van der Waals surface area contributed by atoms with Crippen molar-refractivity contribution < 1.29 is 4.79 Å². The van der Waals surface area contributed by atoms with E-state index in [0.717, 1.165) is 6.42 Å². The van der Waals surface area contributed by atoms with Gasteiger partial charge in [0.15, 0.2) is 0 Å². The number of rotatable bonds is 1. The molecule has 2 N–H and O–H groups in total. The van der Waals surface area contributed by atoms with Crippen molar-refractivity contribution in [3.05, 3.63) is 0 Å². The topological polar surface area (TPSA) is 70.1 Å². The predicted molar refractivity (Wildman–Crippen MR) is 46.4 cm³/mol. The maximum absolute atomic E-state index is 11.4. The number of nitriles is 1. The lowest BCUT2D eigenvalue weighted by Crippen LogP contribution is -2.42. The van der Waals surface area contributed by atoms with Gasteiger partial charge in [-0.05, 0) is 18.3 Å². The van der Waals surface area contributed by atoms with Gasteiger partial charge in [-0.2, -0.15) is 5.26 Å². The number of hydrogen-bond donors (Lipinski definition) is 1. The van der Waals surface area contributed by atoms with E-state index in [4.69, 9.17) is 11.0 Å². The quantitative estimate of drug-likeness (QED) is 0.601. The Morgan fingerprint density at radius 1 is 1.77 bits per heavy atom. The molecule has 4 atom stereocenters. The van der Waals surface area contributed by atoms with E-state index in [-0.39, 0.29) is 18.5 Å². The van der Waals surface area contributed by atoms with Crippen molar-refractivity contribution in [3.63, 3.8) is 0 Å². The zero-order valence-corrected chi connectivity index (χ0v) is 7.60. The predicted octanol–water partition coefficient (Wildman–Crippen LogP) is -0.296. The van der Waals surface area contributed by atoms with Crippen LogP contribution in [0.5, 0.6) is 0 Å². The molecule has 13 heavy (non-hydrogen) atoms. The van der Waals surface area contributed by atoms with Crippen LogP contribution in [-0.4, -0.2) is 29.4 Å². The molecule has 1 aliphatic heterocycles. The third-order valence-electron chi connectivity index (χ3n) is 3.28. The Hall–Kier alpha value is -1.08. The van der Waals surface area contributed by atoms with Crippen LogP contribution < -0.4 is 5.73 Å². The number of nitrogens with zero attached hydrogens (tertiary/aromatic N) is 2. The first-order valence-electron chi connectivity index (χ1n) is 4.61. The Bertz CT molecular complexity index is 283. The Kier molecular flexibility index (Phi) is 1.77. The lowest BCUT2D eigenvalue weighted by atomic mass is 10.1. The van der Waals surface area contributed by atoms with Crippen molar-refractivity contribution in [2.75, 3.05) is 6.54 Å². The van der Waals surface area contributed by atoms with Gasteiger partial charge >= 0.3 is 0 Å². The van der Waals surface area contributed by atoms with Gasteiger partial charge in [0.25, 0.3) is 0 Å². The van der Waals surface area contributed by atoms with Gasteiger partial charge in [0.1, 0.15) is 6.04 Å². The molecule has 1 heterocycles. The van der Waals surface area contributed by atoms with Gasteiger partial charge in [0.05, 0.1) is 12.6 Å². The monoisotopic (exact) mass is 179 g/mol. The summed E-state index contributed by atoms with van der Waals surface area (Å²) in [5, 5.41) is 8.82. The van der Waals surface area contributed by atoms with Crippen LogP contribution >= 0.6 is 0 Å². The fourth-order valence-corrected chi connectivity index (χ4v) is 2.48. The average Bonchev–Trinajstić information content (AvgIpc) is 2.65. The molecule has 0 aromatic heterocycles. The second-order valence-electron chi connectivity index (χ2n) is 3.90. The van der Waals surface area contributed by atoms with Gasteiger partial charge in [-0.25, -0.2) is 0 Å². The fraction of sp³-hybridized carbons (Fsp3) is 0.778. The molecule has 0 radical (unpaired) electrons. The Balaban J connectivity index is 2.14. The number of carbonyl (C=O) groups is 1. The molecular weight excluding hydrogens is 166 g/mol. The van der Waals surface area contributed by atoms with Crippen molar-refractivity contribution >= 4 is 5.91 Å². The molecule has 4 heteroatoms. The second-order valence-corrected chi connectivity index (χ2v) is 3.90. The zero-order valence-electron chi connectivity index (χ0n) is 7.60. The number of amides is 1. The lowest BCUT2D eigenvalue weighted by molar-refractivity contribution is -0.130. The van der Waals surface area contributed by atoms with E-state index in [1.165, 1.54) is 0 Å². The smallest absolute Gasteiger partial charge is 0.237 e. The second kappa shape index (κ2) is 2.71. The Labute approximate surface area is 77.3 Å². The summed E-state index contributed by atoms with van der Waals surface area (Å²) >= 11 is 0. The number of likely N-dealkylation sites (tertiary alicyclic amines) is 1. The molecule has 1 amide bonds. The first kappa shape index (κ1) is 8.52. The maximum Gasteiger partial charge on any atom is 0.237 e. The number of nitrogens with two attached hydrogens (primary N) is 1. The molecule has 4 nitrogen and oxygen atoms in total. The van der Waals surface area contributed by atoms with Crippen LogP contribution in [0.4, 0.5) is 0 Å². The van der Waals surface area contributed by atoms with Crippen LogP contribution in [0.15, 0.2) is 0 Å². The highest BCUT2D eigenvalue weighted by Gasteiger charge is 2.59. The molecule has 0 aromatic carbocycles. The van der Waals surface area contributed by atoms with Gasteiger partial charge in [0, 0.05) is 6.04 Å². The SMILES string of the molecule is C[C@H]1C2CC(C#N)N(C(=O)CN)C21. The van der Waals surface area contributed by atoms with Crippen molar-refractivity contribution in [2.45, 2.75) is 25.4 Å². The van der Waals surface area contributed by atoms with E-state index in [2.05, 4.69) is 13.0 Å². The van der Waals surface area contributed by atoms with Crippen LogP contribution in [0.3, 0.4) is 0 Å². The largest absolute Gasteiger partial charge is 0.322 e. The first-order chi connectivity index (χ1) is 6.20. The Morgan fingerprint density at radius 3 is 3.00 bits per heavy atom. The minimum absolute atomic E-state index is 0.0219. The molecule has 0 aromatic rings. The van der Waals surface area contributed by atoms with Crippen LogP contribution in [0.25, 0.3) is 0 Å². The van der Waals surface area contributed by atoms with Gasteiger partial charge in [0.2, 0.25) is 5.91 Å². The summed E-state index contributed by atoms with van der Waals surface area (Å²) in [6.45, 7) is 2.15. The summed E-state index contributed by atoms with van der Waals surface area (Å²) in [5.41, 5.74) is 5.29. The molecule has 0 bridgehead atoms.